The molecule has 2 aromatic heterocycles. The minimum atomic E-state index is -0.155. The van der Waals surface area contributed by atoms with Crippen LogP contribution in [0.25, 0.3) is 0 Å². The molecule has 2 aliphatic heterocycles. The van der Waals surface area contributed by atoms with Gasteiger partial charge in [0, 0.05) is 48.1 Å². The van der Waals surface area contributed by atoms with E-state index in [1.165, 1.54) is 0 Å². The van der Waals surface area contributed by atoms with Crippen LogP contribution in [0.2, 0.25) is 5.02 Å². The summed E-state index contributed by atoms with van der Waals surface area (Å²) in [4.78, 5) is 23.8. The lowest BCUT2D eigenvalue weighted by molar-refractivity contribution is -0.0391. The predicted molar refractivity (Wildman–Crippen MR) is 126 cm³/mol. The van der Waals surface area contributed by atoms with E-state index in [-0.39, 0.29) is 11.5 Å². The molecule has 1 aromatic carbocycles. The summed E-state index contributed by atoms with van der Waals surface area (Å²) in [7, 11) is 0. The number of rotatable bonds is 5. The molecule has 1 spiro atoms. The number of anilines is 2. The average Bonchev–Trinajstić information content (AvgIpc) is 3.40. The summed E-state index contributed by atoms with van der Waals surface area (Å²) >= 11 is 6.05. The molecule has 8 nitrogen and oxygen atoms in total. The number of hydrogen-bond acceptors (Lipinski definition) is 6. The molecule has 172 valence electrons. The summed E-state index contributed by atoms with van der Waals surface area (Å²) < 4.78 is 6.30. The fourth-order valence-corrected chi connectivity index (χ4v) is 4.97. The minimum Gasteiger partial charge on any atom is -0.375 e. The van der Waals surface area contributed by atoms with Gasteiger partial charge in [-0.25, -0.2) is 9.97 Å². The zero-order chi connectivity index (χ0) is 22.8. The fraction of sp³-hybridized carbons (Fsp3) is 0.417. The molecule has 3 aromatic rings. The Hall–Kier alpha value is -2.97. The Labute approximate surface area is 197 Å². The standard InChI is InChI=1S/C24H27ClN6O2/c1-16-11-22(30-29-16)28-20-5-8-26-21(27-20)12-17-14-24(33-15-17)6-9-31(10-7-24)23(32)18-3-2-4-19(25)13-18/h2-5,8,11,13,17H,6-7,9-10,12,14-15H2,1H3,(H2,26,27,28,29,30). The van der Waals surface area contributed by atoms with Crippen LogP contribution >= 0.6 is 11.6 Å². The number of ether oxygens (including phenoxy) is 1. The summed E-state index contributed by atoms with van der Waals surface area (Å²) in [6, 6.07) is 10.9. The van der Waals surface area contributed by atoms with Crippen molar-refractivity contribution in [3.8, 4) is 0 Å². The maximum atomic E-state index is 12.8. The molecular weight excluding hydrogens is 440 g/mol. The Balaban J connectivity index is 1.16. The first-order valence-corrected chi connectivity index (χ1v) is 11.7. The number of amides is 1. The van der Waals surface area contributed by atoms with Crippen LogP contribution in [0.3, 0.4) is 0 Å². The van der Waals surface area contributed by atoms with Gasteiger partial charge >= 0.3 is 0 Å². The predicted octanol–water partition coefficient (Wildman–Crippen LogP) is 4.16. The van der Waals surface area contributed by atoms with Crippen molar-refractivity contribution in [3.63, 3.8) is 0 Å². The Morgan fingerprint density at radius 3 is 2.88 bits per heavy atom. The number of carbonyl (C=O) groups excluding carboxylic acids is 1. The number of carbonyl (C=O) groups is 1. The third-order valence-electron chi connectivity index (χ3n) is 6.46. The highest BCUT2D eigenvalue weighted by molar-refractivity contribution is 6.30. The van der Waals surface area contributed by atoms with Gasteiger partial charge in [0.1, 0.15) is 11.6 Å². The van der Waals surface area contributed by atoms with Crippen LogP contribution in [0, 0.1) is 12.8 Å². The summed E-state index contributed by atoms with van der Waals surface area (Å²) in [6.45, 7) is 4.03. The van der Waals surface area contributed by atoms with Crippen LogP contribution in [0.4, 0.5) is 11.6 Å². The smallest absolute Gasteiger partial charge is 0.253 e. The van der Waals surface area contributed by atoms with E-state index in [4.69, 9.17) is 16.3 Å². The molecule has 9 heteroatoms. The van der Waals surface area contributed by atoms with E-state index >= 15 is 0 Å². The highest BCUT2D eigenvalue weighted by Crippen LogP contribution is 2.39. The number of aromatic nitrogens is 4. The first-order valence-electron chi connectivity index (χ1n) is 11.3. The molecule has 4 heterocycles. The van der Waals surface area contributed by atoms with Crippen LogP contribution in [-0.4, -0.2) is 56.3 Å². The summed E-state index contributed by atoms with van der Waals surface area (Å²) in [5.74, 6) is 2.66. The third kappa shape index (κ3) is 5.02. The van der Waals surface area contributed by atoms with Gasteiger partial charge in [-0.1, -0.05) is 17.7 Å². The van der Waals surface area contributed by atoms with Crippen molar-refractivity contribution in [2.75, 3.05) is 25.0 Å². The third-order valence-corrected chi connectivity index (χ3v) is 6.69. The number of aryl methyl sites for hydroxylation is 1. The molecule has 1 atom stereocenters. The Bertz CT molecular complexity index is 1140. The monoisotopic (exact) mass is 466 g/mol. The Morgan fingerprint density at radius 1 is 1.27 bits per heavy atom. The molecule has 0 bridgehead atoms. The van der Waals surface area contributed by atoms with Crippen LogP contribution in [-0.2, 0) is 11.2 Å². The van der Waals surface area contributed by atoms with Crippen molar-refractivity contribution < 1.29 is 9.53 Å². The first kappa shape index (κ1) is 21.9. The van der Waals surface area contributed by atoms with Crippen LogP contribution in [0.5, 0.6) is 0 Å². The summed E-state index contributed by atoms with van der Waals surface area (Å²) in [5.41, 5.74) is 1.47. The van der Waals surface area contributed by atoms with Crippen molar-refractivity contribution >= 4 is 29.1 Å². The number of piperidine rings is 1. The van der Waals surface area contributed by atoms with E-state index in [9.17, 15) is 4.79 Å². The lowest BCUT2D eigenvalue weighted by Gasteiger charge is -2.38. The van der Waals surface area contributed by atoms with Gasteiger partial charge in [0.05, 0.1) is 12.2 Å². The number of nitrogens with one attached hydrogen (secondary N) is 2. The lowest BCUT2D eigenvalue weighted by Crippen LogP contribution is -2.46. The van der Waals surface area contributed by atoms with Gasteiger partial charge in [0.25, 0.3) is 5.91 Å². The number of H-pyrrole nitrogens is 1. The minimum absolute atomic E-state index is 0.0340. The molecule has 5 rings (SSSR count). The number of halogens is 1. The van der Waals surface area contributed by atoms with Crippen molar-refractivity contribution in [2.45, 2.75) is 38.2 Å². The molecule has 2 fully saturated rings. The molecular formula is C24H27ClN6O2. The van der Waals surface area contributed by atoms with E-state index in [0.717, 1.165) is 48.8 Å². The largest absolute Gasteiger partial charge is 0.375 e. The molecule has 2 N–H and O–H groups in total. The normalized spacial score (nSPS) is 19.7. The van der Waals surface area contributed by atoms with Gasteiger partial charge in [-0.2, -0.15) is 5.10 Å². The van der Waals surface area contributed by atoms with Gasteiger partial charge in [-0.3, -0.25) is 9.89 Å². The number of benzene rings is 1. The molecule has 0 radical (unpaired) electrons. The van der Waals surface area contributed by atoms with Gasteiger partial charge < -0.3 is 15.0 Å². The maximum Gasteiger partial charge on any atom is 0.253 e. The summed E-state index contributed by atoms with van der Waals surface area (Å²) in [5, 5.41) is 10.9. The van der Waals surface area contributed by atoms with Crippen molar-refractivity contribution in [2.24, 2.45) is 5.92 Å². The van der Waals surface area contributed by atoms with E-state index in [1.807, 2.05) is 36.1 Å². The zero-order valence-corrected chi connectivity index (χ0v) is 19.3. The average molecular weight is 467 g/mol. The molecule has 2 aliphatic rings. The molecule has 1 amide bonds. The van der Waals surface area contributed by atoms with Crippen molar-refractivity contribution in [3.05, 3.63) is 64.7 Å². The number of hydrogen-bond donors (Lipinski definition) is 2. The number of nitrogens with zero attached hydrogens (tertiary/aromatic N) is 4. The molecule has 2 saturated heterocycles. The lowest BCUT2D eigenvalue weighted by atomic mass is 9.84. The number of likely N-dealkylation sites (tertiary alicyclic amines) is 1. The van der Waals surface area contributed by atoms with E-state index in [1.54, 1.807) is 18.3 Å². The molecule has 33 heavy (non-hydrogen) atoms. The van der Waals surface area contributed by atoms with E-state index in [0.29, 0.717) is 36.2 Å². The first-order chi connectivity index (χ1) is 16.0. The van der Waals surface area contributed by atoms with Gasteiger partial charge in [0.2, 0.25) is 0 Å². The van der Waals surface area contributed by atoms with Gasteiger partial charge in [0.15, 0.2) is 5.82 Å². The van der Waals surface area contributed by atoms with Crippen LogP contribution in [0.15, 0.2) is 42.6 Å². The molecule has 1 unspecified atom stereocenters. The number of aromatic amines is 1. The fourth-order valence-electron chi connectivity index (χ4n) is 4.78. The van der Waals surface area contributed by atoms with Gasteiger partial charge in [-0.15, -0.1) is 0 Å². The molecule has 0 aliphatic carbocycles. The van der Waals surface area contributed by atoms with E-state index < -0.39 is 0 Å². The summed E-state index contributed by atoms with van der Waals surface area (Å²) in [6.07, 6.45) is 5.19. The highest BCUT2D eigenvalue weighted by atomic mass is 35.5. The zero-order valence-electron chi connectivity index (χ0n) is 18.6. The Morgan fingerprint density at radius 2 is 2.12 bits per heavy atom. The van der Waals surface area contributed by atoms with E-state index in [2.05, 4.69) is 25.5 Å². The topological polar surface area (TPSA) is 96.0 Å². The van der Waals surface area contributed by atoms with Crippen molar-refractivity contribution in [1.82, 2.24) is 25.1 Å². The quantitative estimate of drug-likeness (QED) is 0.586. The maximum absolute atomic E-state index is 12.8. The second-order valence-electron chi connectivity index (χ2n) is 8.99. The van der Waals surface area contributed by atoms with Crippen LogP contribution < -0.4 is 5.32 Å². The molecule has 0 saturated carbocycles. The second kappa shape index (κ2) is 9.11. The highest BCUT2D eigenvalue weighted by Gasteiger charge is 2.43. The SMILES string of the molecule is Cc1cc(Nc2ccnc(CC3COC4(CCN(C(=O)c5cccc(Cl)c5)CC4)C3)n2)n[nH]1. The Kier molecular flexibility index (Phi) is 6.03. The van der Waals surface area contributed by atoms with Crippen LogP contribution in [0.1, 0.15) is 41.1 Å². The van der Waals surface area contributed by atoms with Gasteiger partial charge in [-0.05, 0) is 56.4 Å². The second-order valence-corrected chi connectivity index (χ2v) is 9.43. The van der Waals surface area contributed by atoms with Crippen molar-refractivity contribution in [1.29, 1.82) is 0 Å².